The Bertz CT molecular complexity index is 2500. The number of hydrogen-bond acceptors (Lipinski definition) is 9. The number of ketones is 2. The van der Waals surface area contributed by atoms with Crippen molar-refractivity contribution in [3.05, 3.63) is 70.3 Å². The largest absolute Gasteiger partial charge is 0.508 e. The molecule has 72 heavy (non-hydrogen) atoms. The Morgan fingerprint density at radius 1 is 0.875 bits per heavy atom. The number of carbonyl (C=O) groups is 2. The quantitative estimate of drug-likeness (QED) is 0.112. The zero-order valence-corrected chi connectivity index (χ0v) is 44.6. The molecule has 7 N–H and O–H groups in total. The van der Waals surface area contributed by atoms with Crippen molar-refractivity contribution < 1.29 is 29.6 Å². The van der Waals surface area contributed by atoms with Crippen LogP contribution in [0.2, 0.25) is 0 Å². The molecule has 6 saturated carbocycles. The zero-order chi connectivity index (χ0) is 50.2. The number of Topliss-reactive ketones (excluding diaryl/α,β-unsaturated/α-hetero) is 2. The Kier molecular flexibility index (Phi) is 12.3. The highest BCUT2D eigenvalue weighted by molar-refractivity contribution is 6.01. The van der Waals surface area contributed by atoms with Gasteiger partial charge in [-0.05, 0) is 203 Å². The third-order valence-electron chi connectivity index (χ3n) is 23.7. The predicted molar refractivity (Wildman–Crippen MR) is 283 cm³/mol. The van der Waals surface area contributed by atoms with E-state index >= 15 is 9.59 Å². The molecule has 2 aromatic rings. The Hall–Kier alpha value is -3.08. The number of anilines is 1. The molecular formula is C63H89N3O6. The van der Waals surface area contributed by atoms with E-state index in [1.54, 1.807) is 0 Å². The van der Waals surface area contributed by atoms with Crippen LogP contribution in [0.3, 0.4) is 0 Å². The van der Waals surface area contributed by atoms with Gasteiger partial charge in [-0.25, -0.2) is 0 Å². The Balaban J connectivity index is 0.996. The molecule has 9 nitrogen and oxygen atoms in total. The van der Waals surface area contributed by atoms with Crippen LogP contribution < -0.4 is 16.4 Å². The van der Waals surface area contributed by atoms with Crippen LogP contribution in [-0.2, 0) is 26.3 Å². The first-order chi connectivity index (χ1) is 34.4. The Morgan fingerprint density at radius 2 is 1.68 bits per heavy atom. The van der Waals surface area contributed by atoms with Crippen molar-refractivity contribution in [3.63, 3.8) is 0 Å². The summed E-state index contributed by atoms with van der Waals surface area (Å²) in [6.45, 7) is 10.3. The number of nitrogens with two attached hydrogens (primary N) is 1. The molecule has 0 amide bonds. The number of nitrogens with one attached hydrogen (secondary N) is 2. The van der Waals surface area contributed by atoms with Gasteiger partial charge in [-0.1, -0.05) is 95.4 Å². The molecule has 0 aromatic heterocycles. The number of hydrogen-bond donors (Lipinski definition) is 6. The minimum atomic E-state index is -0.859. The van der Waals surface area contributed by atoms with E-state index in [0.717, 1.165) is 125 Å². The van der Waals surface area contributed by atoms with E-state index < -0.39 is 28.1 Å². The van der Waals surface area contributed by atoms with Gasteiger partial charge in [0.1, 0.15) is 17.6 Å². The van der Waals surface area contributed by atoms with Crippen molar-refractivity contribution in [2.75, 3.05) is 19.3 Å². The normalized spacial score (nSPS) is 46.2. The number of phenols is 1. The summed E-state index contributed by atoms with van der Waals surface area (Å²) in [5.41, 5.74) is 9.49. The summed E-state index contributed by atoms with van der Waals surface area (Å²) < 4.78 is 6.82. The van der Waals surface area contributed by atoms with Crippen LogP contribution in [0.4, 0.5) is 5.69 Å². The highest BCUT2D eigenvalue weighted by Gasteiger charge is 2.76. The van der Waals surface area contributed by atoms with Crippen LogP contribution in [0.5, 0.6) is 5.75 Å². The molecule has 17 atom stereocenters. The highest BCUT2D eigenvalue weighted by atomic mass is 16.6. The summed E-state index contributed by atoms with van der Waals surface area (Å²) in [5, 5.41) is 43.8. The monoisotopic (exact) mass is 984 g/mol. The molecule has 2 aliphatic heterocycles. The maximum Gasteiger partial charge on any atom is 0.160 e. The number of phenolic OH excluding ortho intramolecular Hbond substituents is 1. The van der Waals surface area contributed by atoms with Gasteiger partial charge in [0.15, 0.2) is 5.78 Å². The standard InChI is InChI=1S/C63H89N3O6/c1-57(71)23-8-9-24-58(2)54-49(66-37-57)33-63-26-12-16-39-14-6-7-18-44(39)46(32-50(68)55-60(4,72-55)47-20-11-19-45(47)40-15-10-17-42(64)30-40)53-48-21-22-52(63)59(54,3)36-61(56(58)70,25-13-27-62(48,63)34-51(53)69)41-28-38(35-65-5)29-43(67)31-41/h10,15,17,28-31,39,44-47,49-50,52,54-55,65-68,71H,6-9,11-14,16,18-27,32-37,64H2,1-5H3/t39-,44-,45-,46-,47+,49-,50+,52+,54-,55+,57-,58+,59-,60+,61-,62-,63-/m0/s1. The van der Waals surface area contributed by atoms with Gasteiger partial charge in [0.05, 0.1) is 22.7 Å². The molecule has 0 radical (unpaired) electrons. The van der Waals surface area contributed by atoms with Crippen LogP contribution in [0, 0.1) is 57.2 Å². The summed E-state index contributed by atoms with van der Waals surface area (Å²) in [7, 11) is 1.94. The van der Waals surface area contributed by atoms with Gasteiger partial charge in [0.25, 0.3) is 0 Å². The molecule has 2 spiro atoms. The lowest BCUT2D eigenvalue weighted by Crippen LogP contribution is -2.73. The molecule has 0 unspecified atom stereocenters. The topological polar surface area (TPSA) is 157 Å². The van der Waals surface area contributed by atoms with E-state index in [2.05, 4.69) is 55.7 Å². The molecule has 7 bridgehead atoms. The minimum absolute atomic E-state index is 0.000276. The molecule has 2 saturated heterocycles. The number of aliphatic hydroxyl groups excluding tert-OH is 1. The van der Waals surface area contributed by atoms with Crippen LogP contribution in [-0.4, -0.2) is 69.9 Å². The third-order valence-corrected chi connectivity index (χ3v) is 23.7. The lowest BCUT2D eigenvalue weighted by atomic mass is 9.31. The van der Waals surface area contributed by atoms with Gasteiger partial charge >= 0.3 is 0 Å². The van der Waals surface area contributed by atoms with Crippen LogP contribution >= 0.6 is 0 Å². The lowest BCUT2D eigenvalue weighted by Gasteiger charge is -2.73. The Labute approximate surface area is 431 Å². The summed E-state index contributed by atoms with van der Waals surface area (Å²) >= 11 is 0. The van der Waals surface area contributed by atoms with E-state index in [9.17, 15) is 15.3 Å². The van der Waals surface area contributed by atoms with Gasteiger partial charge in [-0.15, -0.1) is 0 Å². The van der Waals surface area contributed by atoms with Crippen LogP contribution in [0.1, 0.15) is 198 Å². The van der Waals surface area contributed by atoms with E-state index in [1.165, 1.54) is 30.4 Å². The second-order valence-electron chi connectivity index (χ2n) is 27.5. The second kappa shape index (κ2) is 17.7. The van der Waals surface area contributed by atoms with Crippen molar-refractivity contribution in [1.82, 2.24) is 10.6 Å². The number of nitrogen functional groups attached to an aromatic ring is 1. The van der Waals surface area contributed by atoms with E-state index in [-0.39, 0.29) is 46.0 Å². The lowest BCUT2D eigenvalue weighted by molar-refractivity contribution is -0.213. The summed E-state index contributed by atoms with van der Waals surface area (Å²) in [6, 6.07) is 14.4. The number of β-amino-alcohol motifs (C(OH)–C–C–N with tert-alkyl or cyclic N) is 1. The molecule has 12 rings (SSSR count). The SMILES string of the molecule is CNCc1cc(O)cc([C@]23CCC[C@]45CC(=O)C6=C4CC[C@@H]4[C@](C)(C2)[C@H]2[C@H](C[C@@]45CCC[C@@H]4CCCC[C@@H]4[C@@H]6C[C@@H](O)[C@H]4O[C@]4(C)[C@@H]4CCC[C@H]4c4cccc(N)c4)NC[C@@](C)(O)CCCC[C@@]2(C)C3=O)c1. The average molecular weight is 984 g/mol. The van der Waals surface area contributed by atoms with E-state index in [0.29, 0.717) is 79.9 Å². The number of rotatable bonds is 8. The minimum Gasteiger partial charge on any atom is -0.508 e. The van der Waals surface area contributed by atoms with Crippen molar-refractivity contribution >= 4 is 17.3 Å². The average Bonchev–Trinajstić information content (AvgIpc) is 3.62. The first kappa shape index (κ1) is 49.8. The number of carbonyl (C=O) groups excluding carboxylic acids is 2. The van der Waals surface area contributed by atoms with E-state index in [1.807, 2.05) is 32.2 Å². The number of aliphatic hydroxyl groups is 2. The van der Waals surface area contributed by atoms with Crippen molar-refractivity contribution in [3.8, 4) is 5.75 Å². The van der Waals surface area contributed by atoms with Gasteiger partial charge < -0.3 is 36.4 Å². The first-order valence-corrected chi connectivity index (χ1v) is 29.4. The fourth-order valence-electron chi connectivity index (χ4n) is 21.3. The molecule has 9 heteroatoms. The smallest absolute Gasteiger partial charge is 0.160 e. The van der Waals surface area contributed by atoms with E-state index in [4.69, 9.17) is 10.5 Å². The molecule has 392 valence electrons. The van der Waals surface area contributed by atoms with Gasteiger partial charge in [-0.2, -0.15) is 0 Å². The van der Waals surface area contributed by atoms with Gasteiger partial charge in [-0.3, -0.25) is 9.59 Å². The number of ether oxygens (including phenoxy) is 1. The molecule has 8 fully saturated rings. The van der Waals surface area contributed by atoms with Gasteiger partial charge in [0, 0.05) is 42.1 Å². The number of allylic oxidation sites excluding steroid dienone is 2. The highest BCUT2D eigenvalue weighted by Crippen LogP contribution is 2.80. The third kappa shape index (κ3) is 7.42. The number of aromatic hydroxyl groups is 1. The molecule has 2 heterocycles. The predicted octanol–water partition coefficient (Wildman–Crippen LogP) is 11.2. The summed E-state index contributed by atoms with van der Waals surface area (Å²) in [4.78, 5) is 32.5. The Morgan fingerprint density at radius 3 is 2.50 bits per heavy atom. The number of epoxide rings is 1. The van der Waals surface area contributed by atoms with Crippen molar-refractivity contribution in [2.45, 2.75) is 223 Å². The summed E-state index contributed by atoms with van der Waals surface area (Å²) in [5.74, 6) is 2.83. The molecule has 2 aromatic carbocycles. The maximum atomic E-state index is 16.5. The van der Waals surface area contributed by atoms with Crippen molar-refractivity contribution in [2.24, 2.45) is 57.2 Å². The van der Waals surface area contributed by atoms with Crippen molar-refractivity contribution in [1.29, 1.82) is 0 Å². The fraction of sp³-hybridized carbons (Fsp3) is 0.746. The van der Waals surface area contributed by atoms with Crippen LogP contribution in [0.15, 0.2) is 53.6 Å². The first-order valence-electron chi connectivity index (χ1n) is 29.4. The maximum absolute atomic E-state index is 16.5. The fourth-order valence-corrected chi connectivity index (χ4v) is 21.3. The summed E-state index contributed by atoms with van der Waals surface area (Å²) in [6.07, 6.45) is 20.9. The van der Waals surface area contributed by atoms with Crippen LogP contribution in [0.25, 0.3) is 0 Å². The second-order valence-corrected chi connectivity index (χ2v) is 27.5. The number of benzene rings is 2. The molecule has 10 aliphatic rings. The molecular weight excluding hydrogens is 895 g/mol. The molecule has 8 aliphatic carbocycles. The zero-order valence-electron chi connectivity index (χ0n) is 44.6. The number of fused-ring (bicyclic) bond motifs is 2. The van der Waals surface area contributed by atoms with Gasteiger partial charge in [0.2, 0.25) is 0 Å².